The van der Waals surface area contributed by atoms with E-state index in [-0.39, 0.29) is 18.4 Å². The molecule has 2 rings (SSSR count). The topological polar surface area (TPSA) is 84.2 Å². The molecule has 1 atom stereocenters. The minimum absolute atomic E-state index is 0.0476. The van der Waals surface area contributed by atoms with Crippen LogP contribution in [0.3, 0.4) is 0 Å². The third kappa shape index (κ3) is 5.33. The SMILES string of the molecule is NC(=O)N[C@H](CC(=O)NC1CCCCC1)c1ccc(Br)cc1. The van der Waals surface area contributed by atoms with Crippen LogP contribution in [0.25, 0.3) is 0 Å². The Kier molecular flexibility index (Phi) is 6.24. The van der Waals surface area contributed by atoms with Gasteiger partial charge in [-0.15, -0.1) is 0 Å². The monoisotopic (exact) mass is 367 g/mol. The molecule has 3 amide bonds. The number of carbonyl (C=O) groups is 2. The Labute approximate surface area is 139 Å². The molecule has 0 unspecified atom stereocenters. The number of amides is 3. The van der Waals surface area contributed by atoms with Crippen molar-refractivity contribution in [1.29, 1.82) is 0 Å². The van der Waals surface area contributed by atoms with Crippen molar-refractivity contribution in [2.75, 3.05) is 0 Å². The fraction of sp³-hybridized carbons (Fsp3) is 0.500. The van der Waals surface area contributed by atoms with Gasteiger partial charge in [0.05, 0.1) is 12.5 Å². The molecule has 0 saturated heterocycles. The van der Waals surface area contributed by atoms with E-state index in [2.05, 4.69) is 26.6 Å². The molecular weight excluding hydrogens is 346 g/mol. The number of hydrogen-bond donors (Lipinski definition) is 3. The number of benzene rings is 1. The summed E-state index contributed by atoms with van der Waals surface area (Å²) in [5.41, 5.74) is 6.09. The van der Waals surface area contributed by atoms with Crippen LogP contribution in [0.5, 0.6) is 0 Å². The van der Waals surface area contributed by atoms with Gasteiger partial charge in [0.25, 0.3) is 0 Å². The molecule has 0 heterocycles. The third-order valence-corrected chi connectivity index (χ3v) is 4.48. The second kappa shape index (κ2) is 8.17. The lowest BCUT2D eigenvalue weighted by Gasteiger charge is -2.24. The minimum atomic E-state index is -0.626. The van der Waals surface area contributed by atoms with Gasteiger partial charge in [-0.1, -0.05) is 47.3 Å². The van der Waals surface area contributed by atoms with E-state index in [1.54, 1.807) is 0 Å². The van der Waals surface area contributed by atoms with Crippen molar-refractivity contribution < 1.29 is 9.59 Å². The van der Waals surface area contributed by atoms with E-state index in [9.17, 15) is 9.59 Å². The smallest absolute Gasteiger partial charge is 0.312 e. The highest BCUT2D eigenvalue weighted by atomic mass is 79.9. The average molecular weight is 368 g/mol. The first-order valence-electron chi connectivity index (χ1n) is 7.65. The van der Waals surface area contributed by atoms with E-state index in [1.165, 1.54) is 19.3 Å². The van der Waals surface area contributed by atoms with Gasteiger partial charge in [0.15, 0.2) is 0 Å². The van der Waals surface area contributed by atoms with Crippen LogP contribution in [0, 0.1) is 0 Å². The molecule has 1 aromatic rings. The van der Waals surface area contributed by atoms with Gasteiger partial charge in [-0.2, -0.15) is 0 Å². The summed E-state index contributed by atoms with van der Waals surface area (Å²) in [6, 6.07) is 6.73. The normalized spacial score (nSPS) is 16.8. The number of hydrogen-bond acceptors (Lipinski definition) is 2. The largest absolute Gasteiger partial charge is 0.353 e. The summed E-state index contributed by atoms with van der Waals surface area (Å²) in [7, 11) is 0. The molecule has 120 valence electrons. The van der Waals surface area contributed by atoms with Crippen LogP contribution in [0.1, 0.15) is 50.1 Å². The Morgan fingerprint density at radius 3 is 2.41 bits per heavy atom. The Morgan fingerprint density at radius 1 is 1.18 bits per heavy atom. The zero-order valence-corrected chi connectivity index (χ0v) is 14.1. The second-order valence-corrected chi connectivity index (χ2v) is 6.63. The van der Waals surface area contributed by atoms with Gasteiger partial charge in [0.2, 0.25) is 5.91 Å². The van der Waals surface area contributed by atoms with Crippen LogP contribution in [0.15, 0.2) is 28.7 Å². The van der Waals surface area contributed by atoms with Crippen LogP contribution in [-0.4, -0.2) is 18.0 Å². The second-order valence-electron chi connectivity index (χ2n) is 5.72. The first-order chi connectivity index (χ1) is 10.5. The summed E-state index contributed by atoms with van der Waals surface area (Å²) in [4.78, 5) is 23.4. The molecule has 1 aromatic carbocycles. The minimum Gasteiger partial charge on any atom is -0.353 e. The molecule has 0 radical (unpaired) electrons. The van der Waals surface area contributed by atoms with E-state index in [4.69, 9.17) is 5.73 Å². The van der Waals surface area contributed by atoms with E-state index in [1.807, 2.05) is 24.3 Å². The summed E-state index contributed by atoms with van der Waals surface area (Å²) < 4.78 is 0.945. The summed E-state index contributed by atoms with van der Waals surface area (Å²) in [6.45, 7) is 0. The summed E-state index contributed by atoms with van der Waals surface area (Å²) in [6.07, 6.45) is 5.86. The van der Waals surface area contributed by atoms with Gasteiger partial charge in [-0.3, -0.25) is 4.79 Å². The lowest BCUT2D eigenvalue weighted by atomic mass is 9.95. The fourth-order valence-electron chi connectivity index (χ4n) is 2.84. The molecular formula is C16H22BrN3O2. The zero-order chi connectivity index (χ0) is 15.9. The summed E-state index contributed by atoms with van der Waals surface area (Å²) in [5, 5.41) is 5.71. The van der Waals surface area contributed by atoms with Gasteiger partial charge >= 0.3 is 6.03 Å². The maximum atomic E-state index is 12.2. The molecule has 6 heteroatoms. The van der Waals surface area contributed by atoms with E-state index in [0.717, 1.165) is 22.9 Å². The number of nitrogens with two attached hydrogens (primary N) is 1. The molecule has 22 heavy (non-hydrogen) atoms. The highest BCUT2D eigenvalue weighted by Gasteiger charge is 2.20. The molecule has 4 N–H and O–H groups in total. The number of nitrogens with one attached hydrogen (secondary N) is 2. The van der Waals surface area contributed by atoms with Crippen molar-refractivity contribution in [1.82, 2.24) is 10.6 Å². The average Bonchev–Trinajstić information content (AvgIpc) is 2.48. The molecule has 0 spiro atoms. The summed E-state index contributed by atoms with van der Waals surface area (Å²) >= 11 is 3.37. The molecule has 5 nitrogen and oxygen atoms in total. The summed E-state index contributed by atoms with van der Waals surface area (Å²) in [5.74, 6) is -0.0476. The highest BCUT2D eigenvalue weighted by Crippen LogP contribution is 2.21. The number of primary amides is 1. The van der Waals surface area contributed by atoms with Crippen LogP contribution in [0.2, 0.25) is 0 Å². The number of halogens is 1. The maximum absolute atomic E-state index is 12.2. The molecule has 1 fully saturated rings. The van der Waals surface area contributed by atoms with Crippen molar-refractivity contribution in [2.24, 2.45) is 5.73 Å². The number of carbonyl (C=O) groups excluding carboxylic acids is 2. The Hall–Kier alpha value is -1.56. The van der Waals surface area contributed by atoms with Crippen LogP contribution >= 0.6 is 15.9 Å². The standard InChI is InChI=1S/C16H22BrN3O2/c17-12-8-6-11(7-9-12)14(20-16(18)22)10-15(21)19-13-4-2-1-3-5-13/h6-9,13-14H,1-5,10H2,(H,19,21)(H3,18,20,22)/t14-/m1/s1. The van der Waals surface area contributed by atoms with Crippen molar-refractivity contribution in [3.63, 3.8) is 0 Å². The predicted octanol–water partition coefficient (Wildman–Crippen LogP) is 3.00. The van der Waals surface area contributed by atoms with E-state index in [0.29, 0.717) is 0 Å². The van der Waals surface area contributed by atoms with Gasteiger partial charge in [-0.25, -0.2) is 4.79 Å². The van der Waals surface area contributed by atoms with Crippen LogP contribution in [-0.2, 0) is 4.79 Å². The number of urea groups is 1. The lowest BCUT2D eigenvalue weighted by Crippen LogP contribution is -2.40. The quantitative estimate of drug-likeness (QED) is 0.747. The van der Waals surface area contributed by atoms with E-state index < -0.39 is 12.1 Å². The molecule has 1 aliphatic rings. The maximum Gasteiger partial charge on any atom is 0.312 e. The molecule has 0 aromatic heterocycles. The van der Waals surface area contributed by atoms with Crippen LogP contribution in [0.4, 0.5) is 4.79 Å². The Bertz CT molecular complexity index is 513. The van der Waals surface area contributed by atoms with Gasteiger partial charge < -0.3 is 16.4 Å². The van der Waals surface area contributed by atoms with Crippen LogP contribution < -0.4 is 16.4 Å². The lowest BCUT2D eigenvalue weighted by molar-refractivity contribution is -0.122. The first kappa shape index (κ1) is 16.8. The van der Waals surface area contributed by atoms with Crippen molar-refractivity contribution in [3.8, 4) is 0 Å². The highest BCUT2D eigenvalue weighted by molar-refractivity contribution is 9.10. The zero-order valence-electron chi connectivity index (χ0n) is 12.5. The molecule has 0 aliphatic heterocycles. The molecule has 1 saturated carbocycles. The van der Waals surface area contributed by atoms with Crippen molar-refractivity contribution in [3.05, 3.63) is 34.3 Å². The Morgan fingerprint density at radius 2 is 1.82 bits per heavy atom. The van der Waals surface area contributed by atoms with Gasteiger partial charge in [0, 0.05) is 10.5 Å². The van der Waals surface area contributed by atoms with Gasteiger partial charge in [-0.05, 0) is 30.5 Å². The molecule has 1 aliphatic carbocycles. The predicted molar refractivity (Wildman–Crippen MR) is 89.2 cm³/mol. The van der Waals surface area contributed by atoms with E-state index >= 15 is 0 Å². The third-order valence-electron chi connectivity index (χ3n) is 3.95. The van der Waals surface area contributed by atoms with Crippen molar-refractivity contribution >= 4 is 27.9 Å². The fourth-order valence-corrected chi connectivity index (χ4v) is 3.10. The first-order valence-corrected chi connectivity index (χ1v) is 8.44. The Balaban J connectivity index is 1.97. The van der Waals surface area contributed by atoms with Crippen molar-refractivity contribution in [2.45, 2.75) is 50.6 Å². The number of rotatable bonds is 5. The van der Waals surface area contributed by atoms with Gasteiger partial charge in [0.1, 0.15) is 0 Å². The molecule has 0 bridgehead atoms.